The van der Waals surface area contributed by atoms with E-state index in [0.29, 0.717) is 32.5 Å². The number of methoxy groups -OCH3 is 2. The highest BCUT2D eigenvalue weighted by molar-refractivity contribution is 9.10. The lowest BCUT2D eigenvalue weighted by Crippen LogP contribution is -2.13. The van der Waals surface area contributed by atoms with E-state index < -0.39 is 0 Å². The number of halogens is 1. The molecular weight excluding hydrogens is 420 g/mol. The summed E-state index contributed by atoms with van der Waals surface area (Å²) in [6.45, 7) is 1.88. The molecule has 1 aromatic carbocycles. The Balaban J connectivity index is 1.86. The van der Waals surface area contributed by atoms with Crippen LogP contribution in [-0.4, -0.2) is 34.9 Å². The number of aromatic nitrogens is 3. The topological polar surface area (TPSA) is 78.3 Å². The molecular formula is C17H17BrN4O3S. The second-order valence-corrected chi connectivity index (χ2v) is 7.08. The highest BCUT2D eigenvalue weighted by atomic mass is 79.9. The maximum atomic E-state index is 12.5. The number of anilines is 1. The van der Waals surface area contributed by atoms with Crippen LogP contribution < -0.4 is 14.8 Å². The molecule has 0 aliphatic carbocycles. The summed E-state index contributed by atoms with van der Waals surface area (Å²) in [6.07, 6.45) is 0. The Bertz CT molecular complexity index is 967. The summed E-state index contributed by atoms with van der Waals surface area (Å²) in [7, 11) is 4.99. The molecule has 136 valence electrons. The SMILES string of the molecule is COc1ccc(OC)c(-c2csc(NC(=O)c3nn(C)c(C)c3Br)n2)c1. The molecule has 0 aliphatic rings. The molecule has 9 heteroatoms. The van der Waals surface area contributed by atoms with Crippen LogP contribution in [0.15, 0.2) is 28.1 Å². The molecule has 0 saturated carbocycles. The molecule has 2 heterocycles. The molecule has 1 N–H and O–H groups in total. The lowest BCUT2D eigenvalue weighted by molar-refractivity contribution is 0.102. The van der Waals surface area contributed by atoms with Gasteiger partial charge < -0.3 is 9.47 Å². The van der Waals surface area contributed by atoms with Gasteiger partial charge in [0.05, 0.1) is 30.1 Å². The van der Waals surface area contributed by atoms with Gasteiger partial charge in [-0.3, -0.25) is 14.8 Å². The Morgan fingerprint density at radius 1 is 1.31 bits per heavy atom. The molecule has 2 aromatic heterocycles. The number of thiazole rings is 1. The molecule has 0 aliphatic heterocycles. The number of hydrogen-bond donors (Lipinski definition) is 1. The minimum Gasteiger partial charge on any atom is -0.497 e. The third-order valence-corrected chi connectivity index (χ3v) is 5.59. The highest BCUT2D eigenvalue weighted by Gasteiger charge is 2.19. The van der Waals surface area contributed by atoms with Crippen molar-refractivity contribution in [1.29, 1.82) is 0 Å². The second kappa shape index (κ2) is 7.46. The van der Waals surface area contributed by atoms with Crippen molar-refractivity contribution in [3.63, 3.8) is 0 Å². The molecule has 3 aromatic rings. The third-order valence-electron chi connectivity index (χ3n) is 3.88. The van der Waals surface area contributed by atoms with Crippen LogP contribution >= 0.6 is 27.3 Å². The van der Waals surface area contributed by atoms with Gasteiger partial charge in [0, 0.05) is 18.0 Å². The molecule has 7 nitrogen and oxygen atoms in total. The zero-order valence-electron chi connectivity index (χ0n) is 14.7. The smallest absolute Gasteiger partial charge is 0.279 e. The Morgan fingerprint density at radius 3 is 2.69 bits per heavy atom. The molecule has 0 bridgehead atoms. The molecule has 0 unspecified atom stereocenters. The van der Waals surface area contributed by atoms with Crippen LogP contribution in [0.2, 0.25) is 0 Å². The van der Waals surface area contributed by atoms with Crippen LogP contribution in [-0.2, 0) is 7.05 Å². The van der Waals surface area contributed by atoms with E-state index in [4.69, 9.17) is 9.47 Å². The average Bonchev–Trinajstić information content (AvgIpc) is 3.21. The number of ether oxygens (including phenoxy) is 2. The number of benzene rings is 1. The van der Waals surface area contributed by atoms with E-state index in [-0.39, 0.29) is 5.91 Å². The van der Waals surface area contributed by atoms with Crippen molar-refractivity contribution in [3.05, 3.63) is 39.4 Å². The molecule has 0 radical (unpaired) electrons. The number of aryl methyl sites for hydroxylation is 1. The normalized spacial score (nSPS) is 10.7. The van der Waals surface area contributed by atoms with Crippen LogP contribution in [0.25, 0.3) is 11.3 Å². The zero-order chi connectivity index (χ0) is 18.8. The molecule has 0 saturated heterocycles. The van der Waals surface area contributed by atoms with Crippen molar-refractivity contribution >= 4 is 38.3 Å². The summed E-state index contributed by atoms with van der Waals surface area (Å²) < 4.78 is 13.0. The largest absolute Gasteiger partial charge is 0.497 e. The fourth-order valence-corrected chi connectivity index (χ4v) is 3.57. The van der Waals surface area contributed by atoms with E-state index in [0.717, 1.165) is 11.3 Å². The lowest BCUT2D eigenvalue weighted by Gasteiger charge is -2.08. The quantitative estimate of drug-likeness (QED) is 0.656. The van der Waals surface area contributed by atoms with Gasteiger partial charge in [-0.1, -0.05) is 0 Å². The Labute approximate surface area is 163 Å². The van der Waals surface area contributed by atoms with Crippen molar-refractivity contribution in [2.24, 2.45) is 7.05 Å². The van der Waals surface area contributed by atoms with E-state index >= 15 is 0 Å². The average molecular weight is 437 g/mol. The monoisotopic (exact) mass is 436 g/mol. The van der Waals surface area contributed by atoms with E-state index in [2.05, 4.69) is 31.3 Å². The maximum absolute atomic E-state index is 12.5. The number of nitrogens with one attached hydrogen (secondary N) is 1. The summed E-state index contributed by atoms with van der Waals surface area (Å²) in [5.74, 6) is 1.06. The Hall–Kier alpha value is -2.39. The molecule has 0 atom stereocenters. The van der Waals surface area contributed by atoms with Crippen molar-refractivity contribution in [2.75, 3.05) is 19.5 Å². The minimum absolute atomic E-state index is 0.320. The first kappa shape index (κ1) is 18.4. The van der Waals surface area contributed by atoms with Crippen LogP contribution in [0.5, 0.6) is 11.5 Å². The first-order valence-electron chi connectivity index (χ1n) is 7.63. The second-order valence-electron chi connectivity index (χ2n) is 5.43. The first-order chi connectivity index (χ1) is 12.4. The zero-order valence-corrected chi connectivity index (χ0v) is 17.1. The standard InChI is InChI=1S/C17H17BrN4O3S/c1-9-14(18)15(21-22(9)2)16(23)20-17-19-12(8-26-17)11-7-10(24-3)5-6-13(11)25-4/h5-8H,1-4H3,(H,19,20,23). The minimum atomic E-state index is -0.320. The summed E-state index contributed by atoms with van der Waals surface area (Å²) in [5, 5.41) is 9.34. The van der Waals surface area contributed by atoms with Crippen molar-refractivity contribution < 1.29 is 14.3 Å². The Morgan fingerprint density at radius 2 is 2.08 bits per heavy atom. The van der Waals surface area contributed by atoms with Crippen molar-refractivity contribution in [1.82, 2.24) is 14.8 Å². The van der Waals surface area contributed by atoms with Gasteiger partial charge in [-0.15, -0.1) is 11.3 Å². The molecule has 26 heavy (non-hydrogen) atoms. The fraction of sp³-hybridized carbons (Fsp3) is 0.235. The third kappa shape index (κ3) is 3.45. The van der Waals surface area contributed by atoms with E-state index in [1.54, 1.807) is 25.9 Å². The molecule has 0 spiro atoms. The summed E-state index contributed by atoms with van der Waals surface area (Å²) in [5.41, 5.74) is 2.67. The van der Waals surface area contributed by atoms with Crippen molar-refractivity contribution in [2.45, 2.75) is 6.92 Å². The summed E-state index contributed by atoms with van der Waals surface area (Å²) in [6, 6.07) is 5.48. The predicted octanol–water partition coefficient (Wildman–Crippen LogP) is 3.88. The number of amides is 1. The van der Waals surface area contributed by atoms with Gasteiger partial charge >= 0.3 is 0 Å². The van der Waals surface area contributed by atoms with Gasteiger partial charge in [0.25, 0.3) is 5.91 Å². The van der Waals surface area contributed by atoms with Crippen molar-refractivity contribution in [3.8, 4) is 22.8 Å². The summed E-state index contributed by atoms with van der Waals surface area (Å²) >= 11 is 4.73. The first-order valence-corrected chi connectivity index (χ1v) is 9.30. The van der Waals surface area contributed by atoms with Crippen LogP contribution in [0.1, 0.15) is 16.2 Å². The maximum Gasteiger partial charge on any atom is 0.279 e. The van der Waals surface area contributed by atoms with Gasteiger partial charge in [0.1, 0.15) is 11.5 Å². The number of carbonyl (C=O) groups excluding carboxylic acids is 1. The lowest BCUT2D eigenvalue weighted by atomic mass is 10.1. The predicted molar refractivity (Wildman–Crippen MR) is 104 cm³/mol. The highest BCUT2D eigenvalue weighted by Crippen LogP contribution is 2.35. The molecule has 0 fully saturated rings. The number of nitrogens with zero attached hydrogens (tertiary/aromatic N) is 3. The van der Waals surface area contributed by atoms with Gasteiger partial charge in [-0.2, -0.15) is 5.10 Å². The van der Waals surface area contributed by atoms with Crippen LogP contribution in [0.4, 0.5) is 5.13 Å². The van der Waals surface area contributed by atoms with Crippen LogP contribution in [0.3, 0.4) is 0 Å². The van der Waals surface area contributed by atoms with Gasteiger partial charge in [-0.05, 0) is 41.1 Å². The van der Waals surface area contributed by atoms with Crippen LogP contribution in [0, 0.1) is 6.92 Å². The number of hydrogen-bond acceptors (Lipinski definition) is 6. The molecule has 3 rings (SSSR count). The number of carbonyl (C=O) groups is 1. The fourth-order valence-electron chi connectivity index (χ4n) is 2.35. The van der Waals surface area contributed by atoms with E-state index in [1.165, 1.54) is 11.3 Å². The van der Waals surface area contributed by atoms with E-state index in [9.17, 15) is 4.79 Å². The van der Waals surface area contributed by atoms with Gasteiger partial charge in [-0.25, -0.2) is 4.98 Å². The number of rotatable bonds is 5. The molecule has 1 amide bonds. The summed E-state index contributed by atoms with van der Waals surface area (Å²) in [4.78, 5) is 17.0. The van der Waals surface area contributed by atoms with Gasteiger partial charge in [0.2, 0.25) is 0 Å². The van der Waals surface area contributed by atoms with E-state index in [1.807, 2.05) is 30.5 Å². The van der Waals surface area contributed by atoms with Gasteiger partial charge in [0.15, 0.2) is 10.8 Å². The Kier molecular flexibility index (Phi) is 5.28.